The van der Waals surface area contributed by atoms with Crippen molar-refractivity contribution in [1.82, 2.24) is 15.5 Å². The van der Waals surface area contributed by atoms with E-state index in [1.165, 1.54) is 11.6 Å². The average Bonchev–Trinajstić information content (AvgIpc) is 2.46. The van der Waals surface area contributed by atoms with Crippen molar-refractivity contribution in [2.75, 3.05) is 6.54 Å². The van der Waals surface area contributed by atoms with E-state index < -0.39 is 11.9 Å². The molecule has 0 fully saturated rings. The zero-order valence-electron chi connectivity index (χ0n) is 10.5. The molecule has 3 rings (SSSR count). The molecule has 1 atom stereocenters. The average molecular weight is 279 g/mol. The molecular formula is C14H12F3N3. The van der Waals surface area contributed by atoms with Crippen molar-refractivity contribution in [3.63, 3.8) is 0 Å². The van der Waals surface area contributed by atoms with Crippen molar-refractivity contribution < 1.29 is 13.2 Å². The first-order valence-corrected chi connectivity index (χ1v) is 6.28. The second-order valence-electron chi connectivity index (χ2n) is 4.68. The quantitative estimate of drug-likeness (QED) is 0.872. The second-order valence-corrected chi connectivity index (χ2v) is 4.68. The Morgan fingerprint density at radius 1 is 1.05 bits per heavy atom. The number of alkyl halides is 3. The number of fused-ring (bicyclic) bond motifs is 1. The van der Waals surface area contributed by atoms with Gasteiger partial charge in [-0.3, -0.25) is 0 Å². The maximum atomic E-state index is 12.5. The van der Waals surface area contributed by atoms with Crippen molar-refractivity contribution in [3.05, 3.63) is 58.9 Å². The van der Waals surface area contributed by atoms with Crippen LogP contribution in [0.25, 0.3) is 0 Å². The van der Waals surface area contributed by atoms with Gasteiger partial charge < -0.3 is 5.32 Å². The Bertz CT molecular complexity index is 608. The summed E-state index contributed by atoms with van der Waals surface area (Å²) in [4.78, 5) is 0. The van der Waals surface area contributed by atoms with E-state index in [1.807, 2.05) is 24.3 Å². The van der Waals surface area contributed by atoms with E-state index in [-0.39, 0.29) is 6.04 Å². The lowest BCUT2D eigenvalue weighted by Gasteiger charge is -2.26. The molecule has 2 heterocycles. The normalized spacial score (nSPS) is 18.6. The lowest BCUT2D eigenvalue weighted by molar-refractivity contribution is -0.141. The molecule has 1 aromatic carbocycles. The summed E-state index contributed by atoms with van der Waals surface area (Å²) in [5.41, 5.74) is 1.78. The van der Waals surface area contributed by atoms with Crippen LogP contribution in [0.5, 0.6) is 0 Å². The lowest BCUT2D eigenvalue weighted by atomic mass is 9.92. The fourth-order valence-corrected chi connectivity index (χ4v) is 2.42. The highest BCUT2D eigenvalue weighted by Crippen LogP contribution is 2.30. The number of rotatable bonds is 1. The molecule has 0 bridgehead atoms. The highest BCUT2D eigenvalue weighted by atomic mass is 19.4. The molecule has 1 N–H and O–H groups in total. The third-order valence-corrected chi connectivity index (χ3v) is 3.38. The van der Waals surface area contributed by atoms with Crippen molar-refractivity contribution in [3.8, 4) is 0 Å². The second kappa shape index (κ2) is 4.86. The van der Waals surface area contributed by atoms with Crippen molar-refractivity contribution in [2.24, 2.45) is 0 Å². The Kier molecular flexibility index (Phi) is 3.17. The van der Waals surface area contributed by atoms with Gasteiger partial charge in [-0.25, -0.2) is 0 Å². The highest BCUT2D eigenvalue weighted by molar-refractivity contribution is 5.37. The predicted octanol–water partition coefficient (Wildman–Crippen LogP) is 2.73. The number of benzene rings is 1. The molecule has 2 aromatic rings. The summed E-state index contributed by atoms with van der Waals surface area (Å²) in [6.07, 6.45) is -3.55. The molecule has 1 unspecified atom stereocenters. The fourth-order valence-electron chi connectivity index (χ4n) is 2.42. The van der Waals surface area contributed by atoms with Crippen LogP contribution in [0.3, 0.4) is 0 Å². The van der Waals surface area contributed by atoms with Gasteiger partial charge in [-0.15, -0.1) is 5.10 Å². The fraction of sp³-hybridized carbons (Fsp3) is 0.286. The van der Waals surface area contributed by atoms with E-state index in [0.717, 1.165) is 24.6 Å². The van der Waals surface area contributed by atoms with Gasteiger partial charge in [0.15, 0.2) is 5.69 Å². The lowest BCUT2D eigenvalue weighted by Crippen LogP contribution is -2.31. The first-order chi connectivity index (χ1) is 9.55. The molecular weight excluding hydrogens is 267 g/mol. The number of nitrogens with one attached hydrogen (secondary N) is 1. The van der Waals surface area contributed by atoms with E-state index in [9.17, 15) is 13.2 Å². The molecule has 1 aromatic heterocycles. The molecule has 6 heteroatoms. The SMILES string of the molecule is FC(F)(F)c1ccc(C2NCCc3ccccc32)nn1. The summed E-state index contributed by atoms with van der Waals surface area (Å²) >= 11 is 0. The number of halogens is 3. The summed E-state index contributed by atoms with van der Waals surface area (Å²) in [6, 6.07) is 10.0. The number of nitrogens with zero attached hydrogens (tertiary/aromatic N) is 2. The molecule has 104 valence electrons. The van der Waals surface area contributed by atoms with Crippen LogP contribution in [0.15, 0.2) is 36.4 Å². The molecule has 0 saturated carbocycles. The van der Waals surface area contributed by atoms with Crippen molar-refractivity contribution >= 4 is 0 Å². The van der Waals surface area contributed by atoms with Gasteiger partial charge >= 0.3 is 6.18 Å². The summed E-state index contributed by atoms with van der Waals surface area (Å²) < 4.78 is 37.4. The molecule has 0 saturated heterocycles. The van der Waals surface area contributed by atoms with Crippen LogP contribution in [-0.4, -0.2) is 16.7 Å². The third-order valence-electron chi connectivity index (χ3n) is 3.38. The minimum absolute atomic E-state index is 0.199. The molecule has 0 radical (unpaired) electrons. The Balaban J connectivity index is 1.95. The van der Waals surface area contributed by atoms with Crippen LogP contribution in [-0.2, 0) is 12.6 Å². The van der Waals surface area contributed by atoms with E-state index >= 15 is 0 Å². The van der Waals surface area contributed by atoms with Crippen LogP contribution in [0.2, 0.25) is 0 Å². The van der Waals surface area contributed by atoms with Gasteiger partial charge in [-0.1, -0.05) is 24.3 Å². The van der Waals surface area contributed by atoms with Gasteiger partial charge in [0.25, 0.3) is 0 Å². The Morgan fingerprint density at radius 2 is 1.85 bits per heavy atom. The Morgan fingerprint density at radius 3 is 2.55 bits per heavy atom. The third kappa shape index (κ3) is 2.38. The maximum absolute atomic E-state index is 12.5. The van der Waals surface area contributed by atoms with Gasteiger partial charge in [-0.2, -0.15) is 18.3 Å². The molecule has 3 nitrogen and oxygen atoms in total. The van der Waals surface area contributed by atoms with E-state index in [2.05, 4.69) is 15.5 Å². The molecule has 1 aliphatic heterocycles. The van der Waals surface area contributed by atoms with Crippen molar-refractivity contribution in [2.45, 2.75) is 18.6 Å². The Hall–Kier alpha value is -1.95. The zero-order chi connectivity index (χ0) is 14.2. The number of aromatic nitrogens is 2. The van der Waals surface area contributed by atoms with Crippen LogP contribution >= 0.6 is 0 Å². The van der Waals surface area contributed by atoms with E-state index in [1.54, 1.807) is 0 Å². The largest absolute Gasteiger partial charge is 0.435 e. The van der Waals surface area contributed by atoms with Gasteiger partial charge in [0.1, 0.15) is 0 Å². The number of hydrogen-bond donors (Lipinski definition) is 1. The minimum Gasteiger partial charge on any atom is -0.305 e. The number of hydrogen-bond acceptors (Lipinski definition) is 3. The standard InChI is InChI=1S/C14H12F3N3/c15-14(16,17)12-6-5-11(19-20-12)13-10-4-2-1-3-9(10)7-8-18-13/h1-6,13,18H,7-8H2. The van der Waals surface area contributed by atoms with Gasteiger partial charge in [0, 0.05) is 6.54 Å². The highest BCUT2D eigenvalue weighted by Gasteiger charge is 2.33. The summed E-state index contributed by atoms with van der Waals surface area (Å²) in [6.45, 7) is 0.768. The Labute approximate surface area is 113 Å². The molecule has 20 heavy (non-hydrogen) atoms. The van der Waals surface area contributed by atoms with E-state index in [0.29, 0.717) is 5.69 Å². The predicted molar refractivity (Wildman–Crippen MR) is 67.0 cm³/mol. The molecule has 0 amide bonds. The smallest absolute Gasteiger partial charge is 0.305 e. The van der Waals surface area contributed by atoms with Gasteiger partial charge in [0.05, 0.1) is 11.7 Å². The van der Waals surface area contributed by atoms with Gasteiger partial charge in [-0.05, 0) is 29.7 Å². The summed E-state index contributed by atoms with van der Waals surface area (Å²) in [5, 5.41) is 10.3. The summed E-state index contributed by atoms with van der Waals surface area (Å²) in [7, 11) is 0. The topological polar surface area (TPSA) is 37.8 Å². The molecule has 1 aliphatic rings. The van der Waals surface area contributed by atoms with Crippen LogP contribution < -0.4 is 5.32 Å². The molecule has 0 aliphatic carbocycles. The zero-order valence-corrected chi connectivity index (χ0v) is 10.5. The minimum atomic E-state index is -4.45. The first kappa shape index (κ1) is 13.1. The first-order valence-electron chi connectivity index (χ1n) is 6.28. The van der Waals surface area contributed by atoms with Gasteiger partial charge in [0.2, 0.25) is 0 Å². The molecule has 0 spiro atoms. The van der Waals surface area contributed by atoms with Crippen LogP contribution in [0.1, 0.15) is 28.6 Å². The van der Waals surface area contributed by atoms with Crippen LogP contribution in [0.4, 0.5) is 13.2 Å². The monoisotopic (exact) mass is 279 g/mol. The van der Waals surface area contributed by atoms with Crippen molar-refractivity contribution in [1.29, 1.82) is 0 Å². The van der Waals surface area contributed by atoms with E-state index in [4.69, 9.17) is 0 Å². The van der Waals surface area contributed by atoms with Crippen LogP contribution in [0, 0.1) is 0 Å². The maximum Gasteiger partial charge on any atom is 0.435 e. The summed E-state index contributed by atoms with van der Waals surface area (Å²) in [5.74, 6) is 0.